The number of carbonyl (C=O) groups excluding carboxylic acids is 1. The van der Waals surface area contributed by atoms with E-state index in [1.807, 2.05) is 0 Å². The molecule has 0 aliphatic heterocycles. The maximum atomic E-state index is 11.8. The lowest BCUT2D eigenvalue weighted by atomic mass is 10.6. The molecule has 1 aromatic heterocycles. The lowest BCUT2D eigenvalue weighted by Crippen LogP contribution is -2.34. The molecule has 1 N–H and O–H groups in total. The van der Waals surface area contributed by atoms with Crippen LogP contribution in [0.15, 0.2) is 5.16 Å². The summed E-state index contributed by atoms with van der Waals surface area (Å²) in [7, 11) is 0. The van der Waals surface area contributed by atoms with Crippen LogP contribution in [0.5, 0.6) is 0 Å². The van der Waals surface area contributed by atoms with Crippen LogP contribution in [0, 0.1) is 0 Å². The largest absolute Gasteiger partial charge is 0.405 e. The molecule has 0 unspecified atom stereocenters. The number of carbonyl (C=O) groups is 1. The van der Waals surface area contributed by atoms with Crippen molar-refractivity contribution in [3.8, 4) is 0 Å². The van der Waals surface area contributed by atoms with Crippen LogP contribution in [-0.2, 0) is 4.79 Å². The lowest BCUT2D eigenvalue weighted by Gasteiger charge is -2.07. The van der Waals surface area contributed by atoms with E-state index in [0.29, 0.717) is 5.16 Å². The van der Waals surface area contributed by atoms with Crippen LogP contribution in [0.3, 0.4) is 0 Å². The van der Waals surface area contributed by atoms with Gasteiger partial charge in [-0.15, -0.1) is 5.10 Å². The van der Waals surface area contributed by atoms with E-state index in [1.165, 1.54) is 0 Å². The molecule has 0 atom stereocenters. The summed E-state index contributed by atoms with van der Waals surface area (Å²) in [5.41, 5.74) is 0. The first-order chi connectivity index (χ1) is 8.46. The fraction of sp³-hybridized carbons (Fsp3) is 0.750. The van der Waals surface area contributed by atoms with Gasteiger partial charge in [0.2, 0.25) is 11.1 Å². The summed E-state index contributed by atoms with van der Waals surface area (Å²) in [5, 5.41) is 13.2. The molecule has 2 rings (SSSR count). The van der Waals surface area contributed by atoms with Gasteiger partial charge in [0.25, 0.3) is 0 Å². The van der Waals surface area contributed by atoms with Crippen molar-refractivity contribution in [3.63, 3.8) is 0 Å². The zero-order valence-corrected chi connectivity index (χ0v) is 9.96. The van der Waals surface area contributed by atoms with E-state index in [2.05, 4.69) is 15.5 Å². The first-order valence-electron chi connectivity index (χ1n) is 5.20. The number of rotatable bonds is 5. The van der Waals surface area contributed by atoms with Gasteiger partial charge in [-0.2, -0.15) is 13.2 Å². The summed E-state index contributed by atoms with van der Waals surface area (Å²) in [6.45, 7) is -1.32. The Morgan fingerprint density at radius 3 is 2.83 bits per heavy atom. The van der Waals surface area contributed by atoms with Crippen molar-refractivity contribution in [1.29, 1.82) is 0 Å². The Labute approximate surface area is 104 Å². The van der Waals surface area contributed by atoms with Crippen LogP contribution in [0.25, 0.3) is 0 Å². The molecule has 18 heavy (non-hydrogen) atoms. The summed E-state index contributed by atoms with van der Waals surface area (Å²) in [5.74, 6) is -0.828. The van der Waals surface area contributed by atoms with E-state index in [0.717, 1.165) is 24.6 Å². The molecule has 1 aliphatic rings. The fourth-order valence-corrected chi connectivity index (χ4v) is 1.98. The Kier molecular flexibility index (Phi) is 3.73. The molecule has 1 fully saturated rings. The predicted octanol–water partition coefficient (Wildman–Crippen LogP) is 0.779. The molecule has 0 saturated heterocycles. The fourth-order valence-electron chi connectivity index (χ4n) is 1.21. The molecule has 1 aromatic rings. The van der Waals surface area contributed by atoms with E-state index in [1.54, 1.807) is 10.00 Å². The van der Waals surface area contributed by atoms with Gasteiger partial charge in [-0.3, -0.25) is 4.79 Å². The molecule has 1 aliphatic carbocycles. The molecule has 0 spiro atoms. The molecular weight excluding hydrogens is 271 g/mol. The van der Waals surface area contributed by atoms with E-state index in [-0.39, 0.29) is 11.8 Å². The first-order valence-corrected chi connectivity index (χ1v) is 6.18. The average molecular weight is 281 g/mol. The minimum absolute atomic E-state index is 0.136. The molecule has 6 nitrogen and oxygen atoms in total. The third-order valence-corrected chi connectivity index (χ3v) is 3.11. The van der Waals surface area contributed by atoms with Crippen molar-refractivity contribution in [2.45, 2.75) is 30.2 Å². The Morgan fingerprint density at radius 1 is 1.50 bits per heavy atom. The SMILES string of the molecule is O=C(CSc1nnnn1C1CC1)NCC(F)(F)F. The first kappa shape index (κ1) is 13.1. The molecule has 0 radical (unpaired) electrons. The highest BCUT2D eigenvalue weighted by atomic mass is 32.2. The third-order valence-electron chi connectivity index (χ3n) is 2.17. The molecule has 1 saturated carbocycles. The zero-order chi connectivity index (χ0) is 13.2. The summed E-state index contributed by atoms with van der Waals surface area (Å²) in [6, 6.07) is 0.265. The Bertz CT molecular complexity index is 431. The second-order valence-corrected chi connectivity index (χ2v) is 4.76. The number of hydrogen-bond acceptors (Lipinski definition) is 5. The third kappa shape index (κ3) is 3.86. The van der Waals surface area contributed by atoms with Crippen molar-refractivity contribution < 1.29 is 18.0 Å². The van der Waals surface area contributed by atoms with Crippen LogP contribution in [0.2, 0.25) is 0 Å². The molecule has 1 amide bonds. The summed E-state index contributed by atoms with van der Waals surface area (Å²) in [4.78, 5) is 11.2. The highest BCUT2D eigenvalue weighted by Gasteiger charge is 2.29. The van der Waals surface area contributed by atoms with Gasteiger partial charge in [0.05, 0.1) is 11.8 Å². The van der Waals surface area contributed by atoms with E-state index < -0.39 is 18.6 Å². The Morgan fingerprint density at radius 2 is 2.22 bits per heavy atom. The van der Waals surface area contributed by atoms with Crippen LogP contribution in [0.1, 0.15) is 18.9 Å². The second kappa shape index (κ2) is 5.12. The van der Waals surface area contributed by atoms with Crippen LogP contribution >= 0.6 is 11.8 Å². The second-order valence-electron chi connectivity index (χ2n) is 3.82. The molecule has 1 heterocycles. The molecule has 0 bridgehead atoms. The monoisotopic (exact) mass is 281 g/mol. The van der Waals surface area contributed by atoms with E-state index in [4.69, 9.17) is 0 Å². The van der Waals surface area contributed by atoms with E-state index >= 15 is 0 Å². The van der Waals surface area contributed by atoms with E-state index in [9.17, 15) is 18.0 Å². The van der Waals surface area contributed by atoms with Gasteiger partial charge in [-0.05, 0) is 23.3 Å². The topological polar surface area (TPSA) is 72.7 Å². The Hall–Kier alpha value is -1.32. The van der Waals surface area contributed by atoms with Crippen molar-refractivity contribution in [2.75, 3.05) is 12.3 Å². The van der Waals surface area contributed by atoms with Gasteiger partial charge in [-0.1, -0.05) is 11.8 Å². The van der Waals surface area contributed by atoms with Crippen molar-refractivity contribution in [1.82, 2.24) is 25.5 Å². The summed E-state index contributed by atoms with van der Waals surface area (Å²) in [6.07, 6.45) is -2.42. The highest BCUT2D eigenvalue weighted by Crippen LogP contribution is 2.36. The summed E-state index contributed by atoms with van der Waals surface area (Å²) >= 11 is 1.03. The van der Waals surface area contributed by atoms with Crippen LogP contribution in [-0.4, -0.2) is 44.6 Å². The quantitative estimate of drug-likeness (QED) is 0.807. The van der Waals surface area contributed by atoms with Crippen molar-refractivity contribution >= 4 is 17.7 Å². The predicted molar refractivity (Wildman–Crippen MR) is 55.9 cm³/mol. The number of thioether (sulfide) groups is 1. The van der Waals surface area contributed by atoms with Gasteiger partial charge < -0.3 is 5.32 Å². The number of tetrazole rings is 1. The van der Waals surface area contributed by atoms with Gasteiger partial charge in [0.1, 0.15) is 6.54 Å². The number of alkyl halides is 3. The maximum Gasteiger partial charge on any atom is 0.405 e. The zero-order valence-electron chi connectivity index (χ0n) is 9.15. The standard InChI is InChI=1S/C8H10F3N5OS/c9-8(10,11)4-12-6(17)3-18-7-13-14-15-16(7)5-1-2-5/h5H,1-4H2,(H,12,17). The maximum absolute atomic E-state index is 11.8. The molecule has 100 valence electrons. The number of nitrogens with one attached hydrogen (secondary N) is 1. The molecule has 10 heteroatoms. The van der Waals surface area contributed by atoms with Crippen molar-refractivity contribution in [2.24, 2.45) is 0 Å². The highest BCUT2D eigenvalue weighted by molar-refractivity contribution is 7.99. The number of aromatic nitrogens is 4. The minimum Gasteiger partial charge on any atom is -0.346 e. The lowest BCUT2D eigenvalue weighted by molar-refractivity contribution is -0.136. The normalized spacial score (nSPS) is 15.7. The Balaban J connectivity index is 1.77. The summed E-state index contributed by atoms with van der Waals surface area (Å²) < 4.78 is 37.1. The van der Waals surface area contributed by atoms with Gasteiger partial charge in [0, 0.05) is 0 Å². The van der Waals surface area contributed by atoms with Crippen LogP contribution in [0.4, 0.5) is 13.2 Å². The number of amides is 1. The van der Waals surface area contributed by atoms with Gasteiger partial charge in [0.15, 0.2) is 0 Å². The molecule has 0 aromatic carbocycles. The number of hydrogen-bond donors (Lipinski definition) is 1. The van der Waals surface area contributed by atoms with Gasteiger partial charge >= 0.3 is 6.18 Å². The smallest absolute Gasteiger partial charge is 0.346 e. The number of halogens is 3. The molecular formula is C8H10F3N5OS. The van der Waals surface area contributed by atoms with Crippen molar-refractivity contribution in [3.05, 3.63) is 0 Å². The number of nitrogens with zero attached hydrogens (tertiary/aromatic N) is 4. The van der Waals surface area contributed by atoms with Crippen LogP contribution < -0.4 is 5.32 Å². The van der Waals surface area contributed by atoms with Gasteiger partial charge in [-0.25, -0.2) is 4.68 Å². The minimum atomic E-state index is -4.39. The average Bonchev–Trinajstić information content (AvgIpc) is 3.02.